The summed E-state index contributed by atoms with van der Waals surface area (Å²) in [4.78, 5) is 23.9. The van der Waals surface area contributed by atoms with Crippen LogP contribution >= 0.6 is 0 Å². The third kappa shape index (κ3) is 2.92. The number of hydrogen-bond donors (Lipinski definition) is 1. The molecule has 0 atom stereocenters. The molecule has 3 aromatic heterocycles. The molecule has 26 heavy (non-hydrogen) atoms. The molecule has 1 N–H and O–H groups in total. The van der Waals surface area contributed by atoms with E-state index < -0.39 is 5.54 Å². The summed E-state index contributed by atoms with van der Waals surface area (Å²) < 4.78 is 3.42. The van der Waals surface area contributed by atoms with Crippen molar-refractivity contribution in [2.45, 2.75) is 18.4 Å². The monoisotopic (exact) mass is 352 g/mol. The van der Waals surface area contributed by atoms with E-state index in [1.54, 1.807) is 46.3 Å². The van der Waals surface area contributed by atoms with E-state index in [2.05, 4.69) is 30.4 Å². The quantitative estimate of drug-likeness (QED) is 0.754. The average Bonchev–Trinajstić information content (AvgIpc) is 3.35. The maximum Gasteiger partial charge on any atom is 0.253 e. The predicted octanol–water partition coefficient (Wildman–Crippen LogP) is 1.04. The van der Waals surface area contributed by atoms with E-state index in [0.717, 1.165) is 0 Å². The largest absolute Gasteiger partial charge is 0.341 e. The Hall–Kier alpha value is -3.23. The minimum Gasteiger partial charge on any atom is -0.341 e. The Morgan fingerprint density at radius 1 is 1.12 bits per heavy atom. The zero-order chi connectivity index (χ0) is 18.0. The van der Waals surface area contributed by atoms with Gasteiger partial charge in [-0.1, -0.05) is 0 Å². The highest BCUT2D eigenvalue weighted by Crippen LogP contribution is 2.32. The van der Waals surface area contributed by atoms with Gasteiger partial charge in [0.25, 0.3) is 5.91 Å². The van der Waals surface area contributed by atoms with Crippen molar-refractivity contribution >= 4 is 17.7 Å². The minimum atomic E-state index is -0.758. The topological polar surface area (TPSA) is 93.8 Å². The van der Waals surface area contributed by atoms with E-state index in [1.807, 2.05) is 19.3 Å². The number of carbonyl (C=O) groups is 1. The van der Waals surface area contributed by atoms with Gasteiger partial charge in [0.1, 0.15) is 5.54 Å². The van der Waals surface area contributed by atoms with Gasteiger partial charge in [0, 0.05) is 57.2 Å². The van der Waals surface area contributed by atoms with E-state index in [4.69, 9.17) is 0 Å². The van der Waals surface area contributed by atoms with Gasteiger partial charge in [-0.15, -0.1) is 0 Å². The standard InChI is InChI=1S/C17H20N8O/c1-23-11-4-14(22-23)21-15(26)17(25-10-3-9-20-25)5-12-24(13-6-17)16-18-7-2-8-19-16/h2-4,7-11H,5-6,12-13H2,1H3,(H,21,22,26). The molecule has 0 saturated carbocycles. The summed E-state index contributed by atoms with van der Waals surface area (Å²) in [5.74, 6) is 1.12. The number of hydrogen-bond acceptors (Lipinski definition) is 6. The lowest BCUT2D eigenvalue weighted by Crippen LogP contribution is -2.53. The van der Waals surface area contributed by atoms with Crippen molar-refractivity contribution in [1.29, 1.82) is 0 Å². The molecule has 0 radical (unpaired) electrons. The maximum absolute atomic E-state index is 13.2. The zero-order valence-corrected chi connectivity index (χ0v) is 14.5. The van der Waals surface area contributed by atoms with Gasteiger partial charge in [0.2, 0.25) is 5.95 Å². The fraction of sp³-hybridized carbons (Fsp3) is 0.353. The molecule has 0 aromatic carbocycles. The average molecular weight is 352 g/mol. The van der Waals surface area contributed by atoms with E-state index in [-0.39, 0.29) is 5.91 Å². The van der Waals surface area contributed by atoms with Crippen molar-refractivity contribution in [3.05, 3.63) is 49.2 Å². The second kappa shape index (κ2) is 6.58. The van der Waals surface area contributed by atoms with Crippen molar-refractivity contribution in [2.75, 3.05) is 23.3 Å². The third-order valence-corrected chi connectivity index (χ3v) is 4.75. The Morgan fingerprint density at radius 3 is 2.50 bits per heavy atom. The first kappa shape index (κ1) is 16.2. The fourth-order valence-electron chi connectivity index (χ4n) is 3.33. The summed E-state index contributed by atoms with van der Waals surface area (Å²) in [6, 6.07) is 5.41. The highest BCUT2D eigenvalue weighted by molar-refractivity contribution is 5.96. The molecule has 0 unspecified atom stereocenters. The van der Waals surface area contributed by atoms with Crippen LogP contribution in [0.3, 0.4) is 0 Å². The Morgan fingerprint density at radius 2 is 1.88 bits per heavy atom. The SMILES string of the molecule is Cn1ccc(NC(=O)C2(n3cccn3)CCN(c3ncccn3)CC2)n1. The molecule has 1 fully saturated rings. The Kier molecular flexibility index (Phi) is 4.11. The first-order valence-corrected chi connectivity index (χ1v) is 8.51. The molecule has 0 spiro atoms. The van der Waals surface area contributed by atoms with Crippen LogP contribution in [0.5, 0.6) is 0 Å². The molecule has 0 bridgehead atoms. The number of nitrogens with zero attached hydrogens (tertiary/aromatic N) is 7. The zero-order valence-electron chi connectivity index (χ0n) is 14.5. The van der Waals surface area contributed by atoms with Gasteiger partial charge < -0.3 is 10.2 Å². The van der Waals surface area contributed by atoms with Crippen LogP contribution in [0.25, 0.3) is 0 Å². The number of carbonyl (C=O) groups excluding carboxylic acids is 1. The van der Waals surface area contributed by atoms with Crippen LogP contribution < -0.4 is 10.2 Å². The summed E-state index contributed by atoms with van der Waals surface area (Å²) in [5.41, 5.74) is -0.758. The second-order valence-electron chi connectivity index (χ2n) is 6.35. The lowest BCUT2D eigenvalue weighted by atomic mass is 9.86. The number of aromatic nitrogens is 6. The van der Waals surface area contributed by atoms with Crippen molar-refractivity contribution in [1.82, 2.24) is 29.5 Å². The summed E-state index contributed by atoms with van der Waals surface area (Å²) in [5, 5.41) is 11.5. The van der Waals surface area contributed by atoms with Crippen molar-refractivity contribution in [3.8, 4) is 0 Å². The number of nitrogens with one attached hydrogen (secondary N) is 1. The molecule has 1 aliphatic heterocycles. The highest BCUT2D eigenvalue weighted by atomic mass is 16.2. The smallest absolute Gasteiger partial charge is 0.253 e. The molecular weight excluding hydrogens is 332 g/mol. The molecular formula is C17H20N8O. The lowest BCUT2D eigenvalue weighted by molar-refractivity contribution is -0.126. The van der Waals surface area contributed by atoms with Crippen LogP contribution in [0.4, 0.5) is 11.8 Å². The molecule has 1 saturated heterocycles. The normalized spacial score (nSPS) is 16.4. The molecule has 1 amide bonds. The minimum absolute atomic E-state index is 0.103. The van der Waals surface area contributed by atoms with Gasteiger partial charge in [0.05, 0.1) is 0 Å². The molecule has 9 nitrogen and oxygen atoms in total. The van der Waals surface area contributed by atoms with Crippen molar-refractivity contribution in [3.63, 3.8) is 0 Å². The molecule has 4 rings (SSSR count). The van der Waals surface area contributed by atoms with E-state index in [0.29, 0.717) is 37.7 Å². The van der Waals surface area contributed by atoms with Gasteiger partial charge in [-0.3, -0.25) is 14.2 Å². The van der Waals surface area contributed by atoms with Crippen LogP contribution in [0.1, 0.15) is 12.8 Å². The summed E-state index contributed by atoms with van der Waals surface area (Å²) >= 11 is 0. The molecule has 4 heterocycles. The summed E-state index contributed by atoms with van der Waals surface area (Å²) in [6.07, 6.45) is 9.99. The van der Waals surface area contributed by atoms with Gasteiger partial charge in [-0.05, 0) is 25.0 Å². The number of anilines is 2. The fourth-order valence-corrected chi connectivity index (χ4v) is 3.33. The number of amides is 1. The molecule has 0 aliphatic carbocycles. The van der Waals surface area contributed by atoms with Crippen LogP contribution in [-0.2, 0) is 17.4 Å². The second-order valence-corrected chi connectivity index (χ2v) is 6.35. The number of piperidine rings is 1. The van der Waals surface area contributed by atoms with Crippen LogP contribution in [0.2, 0.25) is 0 Å². The van der Waals surface area contributed by atoms with Crippen molar-refractivity contribution < 1.29 is 4.79 Å². The Balaban J connectivity index is 1.57. The first-order chi connectivity index (χ1) is 12.7. The van der Waals surface area contributed by atoms with Crippen LogP contribution in [0.15, 0.2) is 49.2 Å². The first-order valence-electron chi connectivity index (χ1n) is 8.51. The molecule has 9 heteroatoms. The lowest BCUT2D eigenvalue weighted by Gasteiger charge is -2.40. The van der Waals surface area contributed by atoms with Gasteiger partial charge in [-0.2, -0.15) is 10.2 Å². The van der Waals surface area contributed by atoms with Gasteiger partial charge in [-0.25, -0.2) is 9.97 Å². The van der Waals surface area contributed by atoms with Gasteiger partial charge >= 0.3 is 0 Å². The number of aryl methyl sites for hydroxylation is 1. The number of rotatable bonds is 4. The third-order valence-electron chi connectivity index (χ3n) is 4.75. The Labute approximate surface area is 150 Å². The highest BCUT2D eigenvalue weighted by Gasteiger charge is 2.44. The molecule has 134 valence electrons. The maximum atomic E-state index is 13.2. The van der Waals surface area contributed by atoms with E-state index in [9.17, 15) is 4.79 Å². The van der Waals surface area contributed by atoms with Crippen LogP contribution in [0, 0.1) is 0 Å². The van der Waals surface area contributed by atoms with Gasteiger partial charge in [0.15, 0.2) is 5.82 Å². The summed E-state index contributed by atoms with van der Waals surface area (Å²) in [6.45, 7) is 1.33. The molecule has 3 aromatic rings. The van der Waals surface area contributed by atoms with Crippen molar-refractivity contribution in [2.24, 2.45) is 7.05 Å². The predicted molar refractivity (Wildman–Crippen MR) is 95.5 cm³/mol. The molecule has 1 aliphatic rings. The van der Waals surface area contributed by atoms with Crippen LogP contribution in [-0.4, -0.2) is 48.5 Å². The Bertz CT molecular complexity index is 865. The summed E-state index contributed by atoms with van der Waals surface area (Å²) in [7, 11) is 1.82. The van der Waals surface area contributed by atoms with E-state index in [1.165, 1.54) is 0 Å². The van der Waals surface area contributed by atoms with E-state index >= 15 is 0 Å².